The molecule has 0 amide bonds. The molecule has 21 heavy (non-hydrogen) atoms. The molecule has 8 heteroatoms. The predicted molar refractivity (Wildman–Crippen MR) is 82.2 cm³/mol. The molecule has 0 aromatic heterocycles. The smallest absolute Gasteiger partial charge is 0.243 e. The Hall–Kier alpha value is -1.12. The lowest BCUT2D eigenvalue weighted by atomic mass is 10.1. The summed E-state index contributed by atoms with van der Waals surface area (Å²) >= 11 is 0. The van der Waals surface area contributed by atoms with E-state index in [1.54, 1.807) is 13.0 Å². The van der Waals surface area contributed by atoms with Crippen molar-refractivity contribution in [3.05, 3.63) is 23.8 Å². The molecule has 1 aromatic rings. The summed E-state index contributed by atoms with van der Waals surface area (Å²) in [4.78, 5) is 0.114. The Balaban J connectivity index is 2.36. The molecule has 0 bridgehead atoms. The molecule has 1 aliphatic rings. The van der Waals surface area contributed by atoms with Crippen LogP contribution in [-0.2, 0) is 26.3 Å². The van der Waals surface area contributed by atoms with Crippen molar-refractivity contribution in [1.82, 2.24) is 4.31 Å². The first-order valence-electron chi connectivity index (χ1n) is 6.78. The summed E-state index contributed by atoms with van der Waals surface area (Å²) in [5.41, 5.74) is 7.19. The van der Waals surface area contributed by atoms with E-state index in [1.165, 1.54) is 16.4 Å². The summed E-state index contributed by atoms with van der Waals surface area (Å²) in [5, 5.41) is 0. The minimum atomic E-state index is -3.72. The van der Waals surface area contributed by atoms with Gasteiger partial charge in [-0.15, -0.1) is 0 Å². The highest BCUT2D eigenvalue weighted by Gasteiger charge is 2.36. The Morgan fingerprint density at radius 3 is 2.57 bits per heavy atom. The summed E-state index contributed by atoms with van der Waals surface area (Å²) in [7, 11) is -6.88. The average Bonchev–Trinajstić information content (AvgIpc) is 2.36. The predicted octanol–water partition coefficient (Wildman–Crippen LogP) is 0.639. The number of sulfonamides is 1. The van der Waals surface area contributed by atoms with Crippen LogP contribution in [0, 0.1) is 0 Å². The third-order valence-electron chi connectivity index (χ3n) is 3.71. The highest BCUT2D eigenvalue weighted by Crippen LogP contribution is 2.25. The lowest BCUT2D eigenvalue weighted by molar-refractivity contribution is 0.357. The van der Waals surface area contributed by atoms with E-state index >= 15 is 0 Å². The zero-order valence-corrected chi connectivity index (χ0v) is 13.7. The first-order chi connectivity index (χ1) is 9.67. The molecule has 2 N–H and O–H groups in total. The molecule has 2 rings (SSSR count). The second kappa shape index (κ2) is 5.58. The largest absolute Gasteiger partial charge is 0.398 e. The molecule has 1 heterocycles. The number of benzene rings is 1. The van der Waals surface area contributed by atoms with Crippen LogP contribution in [0.25, 0.3) is 0 Å². The Morgan fingerprint density at radius 2 is 2.05 bits per heavy atom. The number of rotatable bonds is 3. The van der Waals surface area contributed by atoms with Crippen LogP contribution in [0.3, 0.4) is 0 Å². The molecule has 1 unspecified atom stereocenters. The van der Waals surface area contributed by atoms with Crippen molar-refractivity contribution in [2.75, 3.05) is 23.8 Å². The molecule has 1 atom stereocenters. The third kappa shape index (κ3) is 3.22. The van der Waals surface area contributed by atoms with E-state index in [4.69, 9.17) is 5.73 Å². The maximum Gasteiger partial charge on any atom is 0.243 e. The van der Waals surface area contributed by atoms with Gasteiger partial charge in [0.1, 0.15) is 0 Å². The second-order valence-corrected chi connectivity index (χ2v) is 9.41. The number of hydrogen-bond donors (Lipinski definition) is 1. The molecule has 0 spiro atoms. The van der Waals surface area contributed by atoms with Gasteiger partial charge in [0.05, 0.1) is 16.4 Å². The van der Waals surface area contributed by atoms with Crippen LogP contribution in [0.15, 0.2) is 23.1 Å². The van der Waals surface area contributed by atoms with Gasteiger partial charge in [0, 0.05) is 18.3 Å². The van der Waals surface area contributed by atoms with Crippen molar-refractivity contribution in [1.29, 1.82) is 0 Å². The molecule has 0 radical (unpaired) electrons. The maximum atomic E-state index is 12.6. The zero-order chi connectivity index (χ0) is 15.8. The number of nitrogen functional groups attached to an aromatic ring is 1. The van der Waals surface area contributed by atoms with E-state index in [0.717, 1.165) is 12.0 Å². The Labute approximate surface area is 125 Å². The van der Waals surface area contributed by atoms with Gasteiger partial charge in [0.2, 0.25) is 10.0 Å². The van der Waals surface area contributed by atoms with Gasteiger partial charge >= 0.3 is 0 Å². The van der Waals surface area contributed by atoms with Gasteiger partial charge < -0.3 is 5.73 Å². The zero-order valence-electron chi connectivity index (χ0n) is 12.1. The van der Waals surface area contributed by atoms with Crippen LogP contribution >= 0.6 is 0 Å². The average molecular weight is 332 g/mol. The molecular weight excluding hydrogens is 312 g/mol. The monoisotopic (exact) mass is 332 g/mol. The van der Waals surface area contributed by atoms with Crippen LogP contribution in [0.4, 0.5) is 5.69 Å². The van der Waals surface area contributed by atoms with E-state index < -0.39 is 25.9 Å². The number of nitrogens with two attached hydrogens (primary N) is 1. The molecule has 118 valence electrons. The summed E-state index contributed by atoms with van der Waals surface area (Å²) in [5.74, 6) is -0.284. The molecule has 1 saturated heterocycles. The summed E-state index contributed by atoms with van der Waals surface area (Å²) < 4.78 is 49.6. The van der Waals surface area contributed by atoms with Crippen LogP contribution in [0.5, 0.6) is 0 Å². The molecule has 1 aromatic carbocycles. The van der Waals surface area contributed by atoms with Gasteiger partial charge in [-0.05, 0) is 31.0 Å². The van der Waals surface area contributed by atoms with Gasteiger partial charge in [0.25, 0.3) is 0 Å². The van der Waals surface area contributed by atoms with E-state index in [-0.39, 0.29) is 22.9 Å². The third-order valence-corrected chi connectivity index (χ3v) is 7.52. The molecule has 0 aliphatic carbocycles. The summed E-state index contributed by atoms with van der Waals surface area (Å²) in [6, 6.07) is 4.11. The fourth-order valence-corrected chi connectivity index (χ4v) is 5.96. The summed E-state index contributed by atoms with van der Waals surface area (Å²) in [6.45, 7) is 3.54. The standard InChI is InChI=1S/C13H20N2O4S2/c1-3-11-4-5-12(8-13(11)14)21(18,19)15-6-7-20(16,17)9-10(15)2/h4-5,8,10H,3,6-7,9,14H2,1-2H3. The molecule has 1 fully saturated rings. The fourth-order valence-electron chi connectivity index (χ4n) is 2.53. The highest BCUT2D eigenvalue weighted by atomic mass is 32.2. The van der Waals surface area contributed by atoms with Crippen molar-refractivity contribution < 1.29 is 16.8 Å². The highest BCUT2D eigenvalue weighted by molar-refractivity contribution is 7.92. The van der Waals surface area contributed by atoms with E-state index in [9.17, 15) is 16.8 Å². The van der Waals surface area contributed by atoms with Gasteiger partial charge in [-0.25, -0.2) is 16.8 Å². The molecule has 1 aliphatic heterocycles. The lowest BCUT2D eigenvalue weighted by Crippen LogP contribution is -2.49. The van der Waals surface area contributed by atoms with Crippen molar-refractivity contribution in [2.45, 2.75) is 31.2 Å². The van der Waals surface area contributed by atoms with Crippen molar-refractivity contribution >= 4 is 25.5 Å². The van der Waals surface area contributed by atoms with E-state index in [2.05, 4.69) is 0 Å². The van der Waals surface area contributed by atoms with Gasteiger partial charge in [-0.2, -0.15) is 4.31 Å². The first-order valence-corrected chi connectivity index (χ1v) is 10.0. The van der Waals surface area contributed by atoms with E-state index in [1.807, 2.05) is 6.92 Å². The number of nitrogens with zero attached hydrogens (tertiary/aromatic N) is 1. The van der Waals surface area contributed by atoms with Gasteiger partial charge in [0.15, 0.2) is 9.84 Å². The number of anilines is 1. The van der Waals surface area contributed by atoms with Gasteiger partial charge in [-0.1, -0.05) is 13.0 Å². The molecule has 0 saturated carbocycles. The van der Waals surface area contributed by atoms with Crippen molar-refractivity contribution in [2.24, 2.45) is 0 Å². The quantitative estimate of drug-likeness (QED) is 0.819. The molecular formula is C13H20N2O4S2. The SMILES string of the molecule is CCc1ccc(S(=O)(=O)N2CCS(=O)(=O)CC2C)cc1N. The minimum Gasteiger partial charge on any atom is -0.398 e. The second-order valence-electron chi connectivity index (χ2n) is 5.29. The Kier molecular flexibility index (Phi) is 4.32. The lowest BCUT2D eigenvalue weighted by Gasteiger charge is -2.32. The number of sulfone groups is 1. The summed E-state index contributed by atoms with van der Waals surface area (Å²) in [6.07, 6.45) is 0.727. The Morgan fingerprint density at radius 1 is 1.38 bits per heavy atom. The van der Waals surface area contributed by atoms with Crippen molar-refractivity contribution in [3.63, 3.8) is 0 Å². The van der Waals surface area contributed by atoms with Crippen LogP contribution in [-0.4, -0.2) is 45.2 Å². The van der Waals surface area contributed by atoms with Gasteiger partial charge in [-0.3, -0.25) is 0 Å². The van der Waals surface area contributed by atoms with E-state index in [0.29, 0.717) is 5.69 Å². The normalized spacial score (nSPS) is 23.0. The van der Waals surface area contributed by atoms with Crippen LogP contribution < -0.4 is 5.73 Å². The molecule has 6 nitrogen and oxygen atoms in total. The van der Waals surface area contributed by atoms with Crippen molar-refractivity contribution in [3.8, 4) is 0 Å². The minimum absolute atomic E-state index is 0.0126. The topological polar surface area (TPSA) is 97.5 Å². The maximum absolute atomic E-state index is 12.6. The first kappa shape index (κ1) is 16.3. The van der Waals surface area contributed by atoms with Crippen LogP contribution in [0.1, 0.15) is 19.4 Å². The number of hydrogen-bond acceptors (Lipinski definition) is 5. The number of aryl methyl sites for hydroxylation is 1. The Bertz CT molecular complexity index is 741. The fraction of sp³-hybridized carbons (Fsp3) is 0.538. The van der Waals surface area contributed by atoms with Crippen LogP contribution in [0.2, 0.25) is 0 Å².